The van der Waals surface area contributed by atoms with Crippen molar-refractivity contribution in [3.63, 3.8) is 0 Å². The van der Waals surface area contributed by atoms with Crippen molar-refractivity contribution < 1.29 is 35.9 Å². The highest BCUT2D eigenvalue weighted by Crippen LogP contribution is 2.37. The van der Waals surface area contributed by atoms with Crippen molar-refractivity contribution in [3.05, 3.63) is 47.9 Å². The second-order valence-corrected chi connectivity index (χ2v) is 7.44. The van der Waals surface area contributed by atoms with Crippen LogP contribution in [0.4, 0.5) is 22.0 Å². The first-order valence-electron chi connectivity index (χ1n) is 9.70. The number of halogens is 5. The normalized spacial score (nSPS) is 16.4. The predicted octanol–water partition coefficient (Wildman–Crippen LogP) is 4.72. The molecule has 6 nitrogen and oxygen atoms in total. The number of hydrogen-bond acceptors (Lipinski definition) is 5. The van der Waals surface area contributed by atoms with E-state index in [2.05, 4.69) is 9.72 Å². The number of carbonyl (C=O) groups excluding carboxylic acids is 1. The largest absolute Gasteiger partial charge is 0.573 e. The minimum absolute atomic E-state index is 0.00698. The average Bonchev–Trinajstić information content (AvgIpc) is 3.16. The number of benzene rings is 1. The topological polar surface area (TPSA) is 81.6 Å². The molecule has 1 aliphatic heterocycles. The fraction of sp³-hybridized carbons (Fsp3) is 0.333. The number of nitrogens with two attached hydrogens (primary N) is 1. The standard InChI is InChI=1S/C21H18F5N3O3/c22-20(23)3-5-29(6-4-20)19(30)12-1-2-16(28-11-12)13-7-14-8-15(10-27)31-18(14)17(9-13)32-21(24,25)26/h1-2,7-9,11H,3-6,10,27H2. The number of furan rings is 1. The number of aromatic nitrogens is 1. The first-order chi connectivity index (χ1) is 15.0. The Bertz CT molecular complexity index is 1130. The zero-order chi connectivity index (χ0) is 23.1. The van der Waals surface area contributed by atoms with Crippen molar-refractivity contribution >= 4 is 16.9 Å². The summed E-state index contributed by atoms with van der Waals surface area (Å²) in [7, 11) is 0. The lowest BCUT2D eigenvalue weighted by atomic mass is 10.0. The quantitative estimate of drug-likeness (QED) is 0.576. The molecule has 1 saturated heterocycles. The molecule has 170 valence electrons. The summed E-state index contributed by atoms with van der Waals surface area (Å²) in [6.07, 6.45) is -4.47. The van der Waals surface area contributed by atoms with Gasteiger partial charge in [-0.3, -0.25) is 9.78 Å². The number of likely N-dealkylation sites (tertiary alicyclic amines) is 1. The molecule has 1 fully saturated rings. The van der Waals surface area contributed by atoms with Crippen LogP contribution < -0.4 is 10.5 Å². The molecule has 2 aromatic heterocycles. The van der Waals surface area contributed by atoms with Gasteiger partial charge in [-0.2, -0.15) is 0 Å². The van der Waals surface area contributed by atoms with Gasteiger partial charge in [0.15, 0.2) is 11.3 Å². The number of carbonyl (C=O) groups is 1. The van der Waals surface area contributed by atoms with E-state index in [1.807, 2.05) is 0 Å². The highest BCUT2D eigenvalue weighted by Gasteiger charge is 2.36. The van der Waals surface area contributed by atoms with Gasteiger partial charge in [0.25, 0.3) is 11.8 Å². The zero-order valence-corrected chi connectivity index (χ0v) is 16.6. The summed E-state index contributed by atoms with van der Waals surface area (Å²) >= 11 is 0. The molecule has 1 aromatic carbocycles. The summed E-state index contributed by atoms with van der Waals surface area (Å²) < 4.78 is 74.7. The van der Waals surface area contributed by atoms with Crippen LogP contribution in [0.1, 0.15) is 29.0 Å². The SMILES string of the molecule is NCc1cc2cc(-c3ccc(C(=O)N4CCC(F)(F)CC4)cn3)cc(OC(F)(F)F)c2o1. The van der Waals surface area contributed by atoms with Crippen LogP contribution in [-0.2, 0) is 6.54 Å². The highest BCUT2D eigenvalue weighted by atomic mass is 19.4. The van der Waals surface area contributed by atoms with Crippen molar-refractivity contribution in [2.45, 2.75) is 31.7 Å². The Labute approximate surface area is 178 Å². The van der Waals surface area contributed by atoms with E-state index in [-0.39, 0.29) is 42.2 Å². The Morgan fingerprint density at radius 3 is 2.50 bits per heavy atom. The molecular formula is C21H18F5N3O3. The van der Waals surface area contributed by atoms with E-state index in [1.54, 1.807) is 6.07 Å². The molecule has 1 aliphatic rings. The lowest BCUT2D eigenvalue weighted by Gasteiger charge is -2.31. The smallest absolute Gasteiger partial charge is 0.456 e. The summed E-state index contributed by atoms with van der Waals surface area (Å²) in [6.45, 7) is -0.133. The summed E-state index contributed by atoms with van der Waals surface area (Å²) in [5.41, 5.74) is 6.20. The van der Waals surface area contributed by atoms with Crippen molar-refractivity contribution in [3.8, 4) is 17.0 Å². The minimum Gasteiger partial charge on any atom is -0.456 e. The number of fused-ring (bicyclic) bond motifs is 1. The molecule has 3 aromatic rings. The van der Waals surface area contributed by atoms with E-state index in [4.69, 9.17) is 10.2 Å². The summed E-state index contributed by atoms with van der Waals surface area (Å²) in [6, 6.07) is 7.13. The number of alkyl halides is 5. The summed E-state index contributed by atoms with van der Waals surface area (Å²) in [5.74, 6) is -3.46. The van der Waals surface area contributed by atoms with Gasteiger partial charge in [-0.1, -0.05) is 0 Å². The zero-order valence-electron chi connectivity index (χ0n) is 16.6. The Kier molecular flexibility index (Phi) is 5.53. The van der Waals surface area contributed by atoms with Crippen molar-refractivity contribution in [1.82, 2.24) is 9.88 Å². The van der Waals surface area contributed by atoms with Gasteiger partial charge in [0.1, 0.15) is 5.76 Å². The molecule has 0 bridgehead atoms. The monoisotopic (exact) mass is 455 g/mol. The number of hydrogen-bond donors (Lipinski definition) is 1. The number of piperidine rings is 1. The molecule has 0 aliphatic carbocycles. The van der Waals surface area contributed by atoms with Crippen LogP contribution in [-0.4, -0.2) is 41.2 Å². The van der Waals surface area contributed by atoms with Gasteiger partial charge in [0, 0.05) is 43.1 Å². The summed E-state index contributed by atoms with van der Waals surface area (Å²) in [4.78, 5) is 18.1. The van der Waals surface area contributed by atoms with Gasteiger partial charge in [-0.25, -0.2) is 8.78 Å². The number of ether oxygens (including phenoxy) is 1. The van der Waals surface area contributed by atoms with Gasteiger partial charge in [0.05, 0.1) is 17.8 Å². The minimum atomic E-state index is -4.93. The van der Waals surface area contributed by atoms with E-state index < -0.39 is 36.8 Å². The average molecular weight is 455 g/mol. The third-order valence-electron chi connectivity index (χ3n) is 5.15. The van der Waals surface area contributed by atoms with Crippen molar-refractivity contribution in [1.29, 1.82) is 0 Å². The molecule has 0 spiro atoms. The maximum atomic E-state index is 13.3. The Morgan fingerprint density at radius 2 is 1.91 bits per heavy atom. The van der Waals surface area contributed by atoms with Crippen molar-refractivity contribution in [2.24, 2.45) is 5.73 Å². The predicted molar refractivity (Wildman–Crippen MR) is 104 cm³/mol. The van der Waals surface area contributed by atoms with Crippen LogP contribution >= 0.6 is 0 Å². The number of nitrogens with zero attached hydrogens (tertiary/aromatic N) is 2. The third kappa shape index (κ3) is 4.67. The van der Waals surface area contributed by atoms with Gasteiger partial charge in [-0.15, -0.1) is 13.2 Å². The van der Waals surface area contributed by atoms with E-state index >= 15 is 0 Å². The molecule has 3 heterocycles. The first kappa shape index (κ1) is 22.0. The Balaban J connectivity index is 1.62. The van der Waals surface area contributed by atoms with E-state index in [0.29, 0.717) is 10.9 Å². The Hall–Kier alpha value is -3.21. The molecule has 0 unspecified atom stereocenters. The van der Waals surface area contributed by atoms with E-state index in [0.717, 1.165) is 6.07 Å². The van der Waals surface area contributed by atoms with Crippen LogP contribution in [0, 0.1) is 0 Å². The van der Waals surface area contributed by atoms with Crippen LogP contribution in [0.2, 0.25) is 0 Å². The molecule has 11 heteroatoms. The lowest BCUT2D eigenvalue weighted by molar-refractivity contribution is -0.274. The van der Waals surface area contributed by atoms with E-state index in [9.17, 15) is 26.7 Å². The fourth-order valence-corrected chi connectivity index (χ4v) is 3.53. The fourth-order valence-electron chi connectivity index (χ4n) is 3.53. The molecule has 0 atom stereocenters. The van der Waals surface area contributed by atoms with Crippen LogP contribution in [0.3, 0.4) is 0 Å². The second kappa shape index (κ2) is 8.05. The number of rotatable bonds is 4. The molecule has 0 saturated carbocycles. The van der Waals surface area contributed by atoms with Gasteiger partial charge in [0.2, 0.25) is 0 Å². The van der Waals surface area contributed by atoms with Gasteiger partial charge in [-0.05, 0) is 30.3 Å². The van der Waals surface area contributed by atoms with Crippen LogP contribution in [0.5, 0.6) is 5.75 Å². The van der Waals surface area contributed by atoms with Crippen LogP contribution in [0.15, 0.2) is 40.9 Å². The lowest BCUT2D eigenvalue weighted by Crippen LogP contribution is -2.42. The molecular weight excluding hydrogens is 437 g/mol. The molecule has 32 heavy (non-hydrogen) atoms. The first-order valence-corrected chi connectivity index (χ1v) is 9.70. The maximum Gasteiger partial charge on any atom is 0.573 e. The highest BCUT2D eigenvalue weighted by molar-refractivity contribution is 5.94. The molecule has 4 rings (SSSR count). The Morgan fingerprint density at radius 1 is 1.19 bits per heavy atom. The molecule has 1 amide bonds. The van der Waals surface area contributed by atoms with E-state index in [1.165, 1.54) is 29.3 Å². The third-order valence-corrected chi connectivity index (χ3v) is 5.15. The maximum absolute atomic E-state index is 13.3. The van der Waals surface area contributed by atoms with Gasteiger partial charge >= 0.3 is 6.36 Å². The van der Waals surface area contributed by atoms with Crippen molar-refractivity contribution in [2.75, 3.05) is 13.1 Å². The van der Waals surface area contributed by atoms with Gasteiger partial charge < -0.3 is 19.8 Å². The molecule has 0 radical (unpaired) electrons. The number of pyridine rings is 1. The second-order valence-electron chi connectivity index (χ2n) is 7.44. The van der Waals surface area contributed by atoms with Crippen LogP contribution in [0.25, 0.3) is 22.2 Å². The molecule has 2 N–H and O–H groups in total. The summed E-state index contributed by atoms with van der Waals surface area (Å²) in [5, 5.41) is 0.346. The number of amides is 1.